The monoisotopic (exact) mass is 482 g/mol. The highest BCUT2D eigenvalue weighted by Crippen LogP contribution is 2.30. The number of hydrogen-bond acceptors (Lipinski definition) is 4. The molecule has 8 heteroatoms. The topological polar surface area (TPSA) is 59.8 Å². The standard InChI is InChI=1S/C25H24ClFN4OS/c1-3-16(2)29-24(32)18-6-4-17(5-7-18)14-31-23-13-28-11-10-22(23)30-25(31)33-15-19-8-9-20(27)12-21(19)26/h4-13,16H,3,14-15H2,1-2H3,(H,29,32). The molecule has 2 aromatic carbocycles. The first-order valence-corrected chi connectivity index (χ1v) is 12.1. The Balaban J connectivity index is 1.56. The molecule has 33 heavy (non-hydrogen) atoms. The van der Waals surface area contributed by atoms with E-state index in [1.807, 2.05) is 44.2 Å². The van der Waals surface area contributed by atoms with Gasteiger partial charge in [0.1, 0.15) is 5.82 Å². The fourth-order valence-corrected chi connectivity index (χ4v) is 4.68. The number of imidazole rings is 1. The molecular formula is C25H24ClFN4OS. The Morgan fingerprint density at radius 3 is 2.73 bits per heavy atom. The average Bonchev–Trinajstić information content (AvgIpc) is 3.16. The van der Waals surface area contributed by atoms with Crippen molar-refractivity contribution in [2.24, 2.45) is 0 Å². The van der Waals surface area contributed by atoms with E-state index in [0.717, 1.165) is 33.7 Å². The smallest absolute Gasteiger partial charge is 0.251 e. The SMILES string of the molecule is CCC(C)NC(=O)c1ccc(Cn2c(SCc3ccc(F)cc3Cl)nc3ccncc32)cc1. The minimum Gasteiger partial charge on any atom is -0.350 e. The van der Waals surface area contributed by atoms with Gasteiger partial charge in [0.2, 0.25) is 0 Å². The van der Waals surface area contributed by atoms with Gasteiger partial charge in [0, 0.05) is 28.6 Å². The van der Waals surface area contributed by atoms with Gasteiger partial charge in [0.15, 0.2) is 5.16 Å². The Hall–Kier alpha value is -2.90. The fraction of sp³-hybridized carbons (Fsp3) is 0.240. The second kappa shape index (κ2) is 10.4. The van der Waals surface area contributed by atoms with Gasteiger partial charge in [0.05, 0.1) is 23.8 Å². The van der Waals surface area contributed by atoms with Crippen LogP contribution in [0.3, 0.4) is 0 Å². The predicted octanol–water partition coefficient (Wildman–Crippen LogP) is 6.09. The molecule has 2 heterocycles. The average molecular weight is 483 g/mol. The summed E-state index contributed by atoms with van der Waals surface area (Å²) in [6, 6.07) is 14.0. The molecular weight excluding hydrogens is 459 g/mol. The van der Waals surface area contributed by atoms with Crippen LogP contribution < -0.4 is 5.32 Å². The molecule has 0 spiro atoms. The minimum atomic E-state index is -0.353. The number of halogens is 2. The fourth-order valence-electron chi connectivity index (χ4n) is 3.35. The van der Waals surface area contributed by atoms with Crippen molar-refractivity contribution in [1.29, 1.82) is 0 Å². The zero-order valence-corrected chi connectivity index (χ0v) is 20.0. The van der Waals surface area contributed by atoms with Gasteiger partial charge in [-0.25, -0.2) is 9.37 Å². The molecule has 1 unspecified atom stereocenters. The lowest BCUT2D eigenvalue weighted by molar-refractivity contribution is 0.0939. The summed E-state index contributed by atoms with van der Waals surface area (Å²) >= 11 is 7.74. The molecule has 0 fully saturated rings. The zero-order chi connectivity index (χ0) is 23.4. The van der Waals surface area contributed by atoms with Gasteiger partial charge in [0.25, 0.3) is 5.91 Å². The molecule has 0 aliphatic carbocycles. The summed E-state index contributed by atoms with van der Waals surface area (Å²) in [5.74, 6) is 0.138. The number of fused-ring (bicyclic) bond motifs is 1. The van der Waals surface area contributed by atoms with Crippen molar-refractivity contribution in [1.82, 2.24) is 19.9 Å². The maximum atomic E-state index is 13.4. The Bertz CT molecular complexity index is 1280. The molecule has 0 aliphatic heterocycles. The van der Waals surface area contributed by atoms with Gasteiger partial charge in [-0.2, -0.15) is 0 Å². The molecule has 0 saturated carbocycles. The number of carbonyl (C=O) groups is 1. The predicted molar refractivity (Wildman–Crippen MR) is 131 cm³/mol. The third-order valence-electron chi connectivity index (χ3n) is 5.43. The molecule has 5 nitrogen and oxygen atoms in total. The van der Waals surface area contributed by atoms with Crippen LogP contribution in [-0.2, 0) is 12.3 Å². The second-order valence-corrected chi connectivity index (χ2v) is 9.20. The first-order valence-electron chi connectivity index (χ1n) is 10.7. The van der Waals surface area contributed by atoms with Crippen LogP contribution in [0, 0.1) is 5.82 Å². The van der Waals surface area contributed by atoms with E-state index in [-0.39, 0.29) is 17.8 Å². The highest BCUT2D eigenvalue weighted by atomic mass is 35.5. The molecule has 0 radical (unpaired) electrons. The number of nitrogens with zero attached hydrogens (tertiary/aromatic N) is 3. The summed E-state index contributed by atoms with van der Waals surface area (Å²) in [7, 11) is 0. The summed E-state index contributed by atoms with van der Waals surface area (Å²) in [6.45, 7) is 4.61. The van der Waals surface area contributed by atoms with Crippen LogP contribution >= 0.6 is 23.4 Å². The van der Waals surface area contributed by atoms with E-state index >= 15 is 0 Å². The lowest BCUT2D eigenvalue weighted by Gasteiger charge is -2.12. The number of carbonyl (C=O) groups excluding carboxylic acids is 1. The number of amides is 1. The van der Waals surface area contributed by atoms with E-state index in [4.69, 9.17) is 16.6 Å². The minimum absolute atomic E-state index is 0.0689. The summed E-state index contributed by atoms with van der Waals surface area (Å²) in [6.07, 6.45) is 4.40. The van der Waals surface area contributed by atoms with E-state index in [9.17, 15) is 9.18 Å². The second-order valence-electron chi connectivity index (χ2n) is 7.85. The Labute approximate surface area is 201 Å². The number of rotatable bonds is 8. The van der Waals surface area contributed by atoms with Crippen molar-refractivity contribution in [2.45, 2.75) is 43.8 Å². The third kappa shape index (κ3) is 5.54. The van der Waals surface area contributed by atoms with Gasteiger partial charge in [-0.1, -0.05) is 48.5 Å². The molecule has 0 bridgehead atoms. The van der Waals surface area contributed by atoms with Crippen LogP contribution in [0.15, 0.2) is 66.1 Å². The van der Waals surface area contributed by atoms with Crippen LogP contribution in [0.1, 0.15) is 41.8 Å². The summed E-state index contributed by atoms with van der Waals surface area (Å²) in [5.41, 5.74) is 4.29. The number of hydrogen-bond donors (Lipinski definition) is 1. The number of aromatic nitrogens is 3. The molecule has 170 valence electrons. The third-order valence-corrected chi connectivity index (χ3v) is 6.81. The van der Waals surface area contributed by atoms with Gasteiger partial charge >= 0.3 is 0 Å². The van der Waals surface area contributed by atoms with E-state index in [2.05, 4.69) is 14.9 Å². The van der Waals surface area contributed by atoms with Crippen LogP contribution in [0.2, 0.25) is 5.02 Å². The van der Waals surface area contributed by atoms with Crippen molar-refractivity contribution in [3.05, 3.63) is 88.5 Å². The molecule has 4 aromatic rings. The van der Waals surface area contributed by atoms with E-state index < -0.39 is 0 Å². The van der Waals surface area contributed by atoms with E-state index in [1.165, 1.54) is 23.9 Å². The molecule has 1 amide bonds. The lowest BCUT2D eigenvalue weighted by Crippen LogP contribution is -2.31. The lowest BCUT2D eigenvalue weighted by atomic mass is 10.1. The first kappa shape index (κ1) is 23.3. The van der Waals surface area contributed by atoms with Gasteiger partial charge < -0.3 is 9.88 Å². The largest absolute Gasteiger partial charge is 0.350 e. The Kier molecular flexibility index (Phi) is 7.30. The Morgan fingerprint density at radius 1 is 1.21 bits per heavy atom. The summed E-state index contributed by atoms with van der Waals surface area (Å²) in [5, 5.41) is 4.20. The molecule has 0 saturated heterocycles. The Morgan fingerprint density at radius 2 is 2.00 bits per heavy atom. The number of thioether (sulfide) groups is 1. The first-order chi connectivity index (χ1) is 15.9. The zero-order valence-electron chi connectivity index (χ0n) is 18.4. The number of benzene rings is 2. The quantitative estimate of drug-likeness (QED) is 0.308. The molecule has 1 N–H and O–H groups in total. The van der Waals surface area contributed by atoms with Gasteiger partial charge in [-0.05, 0) is 54.8 Å². The van der Waals surface area contributed by atoms with Crippen molar-refractivity contribution in [3.63, 3.8) is 0 Å². The highest BCUT2D eigenvalue weighted by molar-refractivity contribution is 7.98. The molecule has 2 aromatic heterocycles. The van der Waals surface area contributed by atoms with E-state index in [1.54, 1.807) is 18.5 Å². The number of nitrogens with one attached hydrogen (secondary N) is 1. The van der Waals surface area contributed by atoms with Crippen LogP contribution in [-0.4, -0.2) is 26.5 Å². The van der Waals surface area contributed by atoms with Crippen molar-refractivity contribution in [3.8, 4) is 0 Å². The summed E-state index contributed by atoms with van der Waals surface area (Å²) in [4.78, 5) is 21.4. The summed E-state index contributed by atoms with van der Waals surface area (Å²) < 4.78 is 15.5. The normalized spacial score (nSPS) is 12.1. The molecule has 4 rings (SSSR count). The van der Waals surface area contributed by atoms with Crippen molar-refractivity contribution in [2.75, 3.05) is 0 Å². The van der Waals surface area contributed by atoms with Crippen molar-refractivity contribution < 1.29 is 9.18 Å². The van der Waals surface area contributed by atoms with Crippen LogP contribution in [0.4, 0.5) is 4.39 Å². The molecule has 1 atom stereocenters. The maximum absolute atomic E-state index is 13.4. The van der Waals surface area contributed by atoms with Gasteiger partial charge in [-0.15, -0.1) is 0 Å². The number of pyridine rings is 1. The van der Waals surface area contributed by atoms with E-state index in [0.29, 0.717) is 22.9 Å². The van der Waals surface area contributed by atoms with Crippen molar-refractivity contribution >= 4 is 40.3 Å². The van der Waals surface area contributed by atoms with Crippen LogP contribution in [0.25, 0.3) is 11.0 Å². The molecule has 0 aliphatic rings. The van der Waals surface area contributed by atoms with Crippen LogP contribution in [0.5, 0.6) is 0 Å². The maximum Gasteiger partial charge on any atom is 0.251 e. The van der Waals surface area contributed by atoms with Gasteiger partial charge in [-0.3, -0.25) is 9.78 Å². The highest BCUT2D eigenvalue weighted by Gasteiger charge is 2.14.